The van der Waals surface area contributed by atoms with Gasteiger partial charge < -0.3 is 19.5 Å². The summed E-state index contributed by atoms with van der Waals surface area (Å²) in [6.45, 7) is 5.07. The molecule has 0 amide bonds. The first-order valence-corrected chi connectivity index (χ1v) is 6.68. The fourth-order valence-corrected chi connectivity index (χ4v) is 1.82. The van der Waals surface area contributed by atoms with Crippen molar-refractivity contribution in [2.24, 2.45) is 0 Å². The number of ether oxygens (including phenoxy) is 3. The third-order valence-corrected chi connectivity index (χ3v) is 2.73. The minimum Gasteiger partial charge on any atom is -0.492 e. The van der Waals surface area contributed by atoms with Gasteiger partial charge in [-0.25, -0.2) is 14.0 Å². The molecular formula is C15H16FNO5. The summed E-state index contributed by atoms with van der Waals surface area (Å²) >= 11 is 0. The Kier molecular flexibility index (Phi) is 4.35. The van der Waals surface area contributed by atoms with Crippen LogP contribution in [0.4, 0.5) is 10.1 Å². The quantitative estimate of drug-likeness (QED) is 0.523. The Morgan fingerprint density at radius 2 is 1.91 bits per heavy atom. The second kappa shape index (κ2) is 6.05. The topological polar surface area (TPSA) is 73.9 Å². The van der Waals surface area contributed by atoms with E-state index in [2.05, 4.69) is 5.32 Å². The molecule has 1 N–H and O–H groups in total. The Balaban J connectivity index is 2.23. The zero-order valence-corrected chi connectivity index (χ0v) is 12.4. The van der Waals surface area contributed by atoms with Crippen LogP contribution in [0.25, 0.3) is 0 Å². The zero-order valence-electron chi connectivity index (χ0n) is 12.4. The average molecular weight is 309 g/mol. The van der Waals surface area contributed by atoms with Gasteiger partial charge in [0.05, 0.1) is 12.3 Å². The van der Waals surface area contributed by atoms with Crippen LogP contribution in [0, 0.1) is 5.82 Å². The Hall–Kier alpha value is -2.57. The molecule has 7 heteroatoms. The van der Waals surface area contributed by atoms with E-state index in [9.17, 15) is 14.0 Å². The Morgan fingerprint density at radius 3 is 2.50 bits per heavy atom. The van der Waals surface area contributed by atoms with Crippen molar-refractivity contribution >= 4 is 17.6 Å². The van der Waals surface area contributed by atoms with Crippen molar-refractivity contribution in [3.05, 3.63) is 35.8 Å². The van der Waals surface area contributed by atoms with Crippen molar-refractivity contribution in [2.75, 3.05) is 11.9 Å². The number of nitrogens with one attached hydrogen (secondary N) is 1. The number of benzene rings is 1. The standard InChI is InChI=1S/C15H16FNO5/c1-4-20-12-6-5-9(16)7-11(12)17-8-10-13(18)21-15(2,3)22-14(10)19/h5-8,17H,4H2,1-3H3. The van der Waals surface area contributed by atoms with Crippen molar-refractivity contribution in [2.45, 2.75) is 26.6 Å². The molecule has 22 heavy (non-hydrogen) atoms. The lowest BCUT2D eigenvalue weighted by atomic mass is 10.2. The number of carbonyl (C=O) groups excluding carboxylic acids is 2. The Labute approximate surface area is 126 Å². The molecule has 1 aromatic carbocycles. The molecule has 0 saturated carbocycles. The second-order valence-electron chi connectivity index (χ2n) is 4.95. The molecule has 118 valence electrons. The Morgan fingerprint density at radius 1 is 1.27 bits per heavy atom. The van der Waals surface area contributed by atoms with Gasteiger partial charge in [-0.1, -0.05) is 0 Å². The summed E-state index contributed by atoms with van der Waals surface area (Å²) in [5, 5.41) is 2.67. The largest absolute Gasteiger partial charge is 0.492 e. The lowest BCUT2D eigenvalue weighted by Crippen LogP contribution is -2.42. The molecule has 0 unspecified atom stereocenters. The first-order valence-electron chi connectivity index (χ1n) is 6.68. The number of esters is 2. The van der Waals surface area contributed by atoms with E-state index < -0.39 is 23.5 Å². The summed E-state index contributed by atoms with van der Waals surface area (Å²) in [7, 11) is 0. The van der Waals surface area contributed by atoms with Gasteiger partial charge in [0.2, 0.25) is 0 Å². The number of rotatable bonds is 4. The van der Waals surface area contributed by atoms with Crippen LogP contribution in [0.2, 0.25) is 0 Å². The second-order valence-corrected chi connectivity index (χ2v) is 4.95. The highest BCUT2D eigenvalue weighted by atomic mass is 19.1. The van der Waals surface area contributed by atoms with Gasteiger partial charge in [-0.15, -0.1) is 0 Å². The summed E-state index contributed by atoms with van der Waals surface area (Å²) in [4.78, 5) is 23.6. The fraction of sp³-hybridized carbons (Fsp3) is 0.333. The van der Waals surface area contributed by atoms with Gasteiger partial charge in [0.15, 0.2) is 5.57 Å². The SMILES string of the molecule is CCOc1ccc(F)cc1NC=C1C(=O)OC(C)(C)OC1=O. The van der Waals surface area contributed by atoms with E-state index in [1.54, 1.807) is 6.92 Å². The molecule has 1 aromatic rings. The lowest BCUT2D eigenvalue weighted by Gasteiger charge is -2.29. The van der Waals surface area contributed by atoms with E-state index in [0.717, 1.165) is 6.20 Å². The van der Waals surface area contributed by atoms with Gasteiger partial charge in [0.1, 0.15) is 11.6 Å². The van der Waals surface area contributed by atoms with Crippen molar-refractivity contribution in [3.8, 4) is 5.75 Å². The van der Waals surface area contributed by atoms with E-state index in [0.29, 0.717) is 12.4 Å². The molecule has 1 aliphatic heterocycles. The first-order chi connectivity index (χ1) is 10.3. The van der Waals surface area contributed by atoms with Crippen LogP contribution in [0.15, 0.2) is 30.0 Å². The highest BCUT2D eigenvalue weighted by Crippen LogP contribution is 2.27. The molecule has 0 radical (unpaired) electrons. The molecule has 0 spiro atoms. The minimum atomic E-state index is -1.30. The summed E-state index contributed by atoms with van der Waals surface area (Å²) < 4.78 is 28.5. The van der Waals surface area contributed by atoms with Gasteiger partial charge in [0, 0.05) is 26.1 Å². The van der Waals surface area contributed by atoms with Gasteiger partial charge in [-0.05, 0) is 19.1 Å². The fourth-order valence-electron chi connectivity index (χ4n) is 1.82. The lowest BCUT2D eigenvalue weighted by molar-refractivity contribution is -0.222. The maximum atomic E-state index is 13.3. The minimum absolute atomic E-state index is 0.278. The third kappa shape index (κ3) is 3.55. The number of cyclic esters (lactones) is 2. The van der Waals surface area contributed by atoms with Crippen LogP contribution in [0.3, 0.4) is 0 Å². The smallest absolute Gasteiger partial charge is 0.350 e. The van der Waals surface area contributed by atoms with Crippen LogP contribution in [-0.4, -0.2) is 24.3 Å². The summed E-state index contributed by atoms with van der Waals surface area (Å²) in [5.41, 5.74) is -0.0363. The molecule has 1 saturated heterocycles. The molecule has 1 fully saturated rings. The predicted molar refractivity (Wildman–Crippen MR) is 75.5 cm³/mol. The molecule has 0 atom stereocenters. The van der Waals surface area contributed by atoms with E-state index in [1.807, 2.05) is 0 Å². The molecule has 2 rings (SSSR count). The van der Waals surface area contributed by atoms with E-state index in [4.69, 9.17) is 14.2 Å². The average Bonchev–Trinajstić information content (AvgIpc) is 2.39. The van der Waals surface area contributed by atoms with E-state index >= 15 is 0 Å². The summed E-state index contributed by atoms with van der Waals surface area (Å²) in [5.74, 6) is -3.04. The Bertz CT molecular complexity index is 617. The van der Waals surface area contributed by atoms with Gasteiger partial charge in [0.25, 0.3) is 5.79 Å². The number of hydrogen-bond donors (Lipinski definition) is 1. The normalized spacial score (nSPS) is 16.6. The van der Waals surface area contributed by atoms with E-state index in [-0.39, 0.29) is 11.3 Å². The third-order valence-electron chi connectivity index (χ3n) is 2.73. The van der Waals surface area contributed by atoms with Crippen LogP contribution < -0.4 is 10.1 Å². The van der Waals surface area contributed by atoms with E-state index in [1.165, 1.54) is 32.0 Å². The van der Waals surface area contributed by atoms with Crippen molar-refractivity contribution in [3.63, 3.8) is 0 Å². The van der Waals surface area contributed by atoms with Crippen LogP contribution in [0.5, 0.6) is 5.75 Å². The van der Waals surface area contributed by atoms with Crippen LogP contribution in [-0.2, 0) is 19.1 Å². The maximum absolute atomic E-state index is 13.3. The predicted octanol–water partition coefficient (Wildman–Crippen LogP) is 2.36. The molecule has 1 aliphatic rings. The highest BCUT2D eigenvalue weighted by Gasteiger charge is 2.38. The van der Waals surface area contributed by atoms with Crippen molar-refractivity contribution in [1.29, 1.82) is 0 Å². The monoisotopic (exact) mass is 309 g/mol. The summed E-state index contributed by atoms with van der Waals surface area (Å²) in [6.07, 6.45) is 1.11. The van der Waals surface area contributed by atoms with Crippen molar-refractivity contribution < 1.29 is 28.2 Å². The van der Waals surface area contributed by atoms with Crippen molar-refractivity contribution in [1.82, 2.24) is 0 Å². The number of halogens is 1. The highest BCUT2D eigenvalue weighted by molar-refractivity contribution is 6.15. The number of hydrogen-bond acceptors (Lipinski definition) is 6. The maximum Gasteiger partial charge on any atom is 0.350 e. The van der Waals surface area contributed by atoms with Gasteiger partial charge >= 0.3 is 11.9 Å². The van der Waals surface area contributed by atoms with Gasteiger partial charge in [-0.3, -0.25) is 0 Å². The molecular weight excluding hydrogens is 293 g/mol. The molecule has 1 heterocycles. The molecule has 0 bridgehead atoms. The van der Waals surface area contributed by atoms with Gasteiger partial charge in [-0.2, -0.15) is 0 Å². The summed E-state index contributed by atoms with van der Waals surface area (Å²) in [6, 6.07) is 3.88. The molecule has 0 aromatic heterocycles. The molecule has 6 nitrogen and oxygen atoms in total. The number of anilines is 1. The number of carbonyl (C=O) groups is 2. The van der Waals surface area contributed by atoms with Crippen LogP contribution in [0.1, 0.15) is 20.8 Å². The van der Waals surface area contributed by atoms with Crippen LogP contribution >= 0.6 is 0 Å². The zero-order chi connectivity index (χ0) is 16.3. The molecule has 0 aliphatic carbocycles. The first kappa shape index (κ1) is 15.8.